The van der Waals surface area contributed by atoms with Crippen LogP contribution in [0.3, 0.4) is 0 Å². The number of amides is 2. The van der Waals surface area contributed by atoms with Gasteiger partial charge in [0.2, 0.25) is 5.91 Å². The van der Waals surface area contributed by atoms with Gasteiger partial charge in [-0.3, -0.25) is 14.5 Å². The number of carbonyl (C=O) groups excluding carboxylic acids is 2. The summed E-state index contributed by atoms with van der Waals surface area (Å²) in [5.41, 5.74) is -1.16. The Bertz CT molecular complexity index is 747. The topological polar surface area (TPSA) is 58.6 Å². The predicted molar refractivity (Wildman–Crippen MR) is 101 cm³/mol. The van der Waals surface area contributed by atoms with Crippen LogP contribution in [0, 0.1) is 17.6 Å². The van der Waals surface area contributed by atoms with Crippen LogP contribution in [0.5, 0.6) is 0 Å². The Morgan fingerprint density at radius 2 is 2.00 bits per heavy atom. The van der Waals surface area contributed by atoms with Gasteiger partial charge < -0.3 is 10.1 Å². The number of nitrogens with zero attached hydrogens (tertiary/aromatic N) is 1. The molecule has 1 saturated carbocycles. The second-order valence-electron chi connectivity index (χ2n) is 8.07. The lowest BCUT2D eigenvalue weighted by Gasteiger charge is -2.43. The number of nitrogens with one attached hydrogen (secondary N) is 1. The fraction of sp³-hybridized carbons (Fsp3) is 0.619. The molecule has 154 valence electrons. The Morgan fingerprint density at radius 3 is 2.61 bits per heavy atom. The molecule has 2 aliphatic rings. The molecule has 1 aliphatic carbocycles. The van der Waals surface area contributed by atoms with E-state index in [4.69, 9.17) is 4.74 Å². The van der Waals surface area contributed by atoms with E-state index in [1.807, 2.05) is 13.8 Å². The Kier molecular flexibility index (Phi) is 6.03. The van der Waals surface area contributed by atoms with Gasteiger partial charge in [-0.25, -0.2) is 8.78 Å². The molecule has 0 radical (unpaired) electrons. The molecular formula is C21H28F2N2O3. The summed E-state index contributed by atoms with van der Waals surface area (Å²) in [4.78, 5) is 27.6. The summed E-state index contributed by atoms with van der Waals surface area (Å²) in [5.74, 6) is -2.12. The molecule has 1 heterocycles. The highest BCUT2D eigenvalue weighted by Crippen LogP contribution is 2.43. The van der Waals surface area contributed by atoms with E-state index in [1.54, 1.807) is 0 Å². The van der Waals surface area contributed by atoms with Crippen LogP contribution < -0.4 is 5.32 Å². The van der Waals surface area contributed by atoms with Crippen molar-refractivity contribution in [1.82, 2.24) is 10.2 Å². The van der Waals surface area contributed by atoms with Crippen molar-refractivity contribution in [3.63, 3.8) is 0 Å². The van der Waals surface area contributed by atoms with E-state index >= 15 is 0 Å². The van der Waals surface area contributed by atoms with Crippen LogP contribution in [-0.4, -0.2) is 41.1 Å². The second-order valence-corrected chi connectivity index (χ2v) is 8.07. The summed E-state index contributed by atoms with van der Waals surface area (Å²) in [5, 5.41) is 2.90. The zero-order chi connectivity index (χ0) is 20.5. The van der Waals surface area contributed by atoms with E-state index in [0.29, 0.717) is 24.8 Å². The molecule has 3 rings (SSSR count). The number of hydrogen-bond acceptors (Lipinski definition) is 3. The first kappa shape index (κ1) is 20.7. The Balaban J connectivity index is 1.95. The average molecular weight is 394 g/mol. The normalized spacial score (nSPS) is 28.4. The molecule has 1 N–H and O–H groups in total. The minimum Gasteiger partial charge on any atom is -0.353 e. The van der Waals surface area contributed by atoms with Crippen LogP contribution in [0.25, 0.3) is 0 Å². The maximum absolute atomic E-state index is 14.3. The molecule has 0 bridgehead atoms. The molecule has 2 fully saturated rings. The zero-order valence-electron chi connectivity index (χ0n) is 16.6. The van der Waals surface area contributed by atoms with Gasteiger partial charge in [-0.15, -0.1) is 0 Å². The van der Waals surface area contributed by atoms with Crippen molar-refractivity contribution < 1.29 is 23.1 Å². The molecule has 0 unspecified atom stereocenters. The fourth-order valence-corrected chi connectivity index (χ4v) is 4.01. The van der Waals surface area contributed by atoms with Crippen LogP contribution in [0.4, 0.5) is 8.78 Å². The van der Waals surface area contributed by atoms with Gasteiger partial charge >= 0.3 is 0 Å². The first-order valence-electron chi connectivity index (χ1n) is 10.0. The van der Waals surface area contributed by atoms with Crippen LogP contribution in [0.2, 0.25) is 0 Å². The molecule has 5 nitrogen and oxygen atoms in total. The Hall–Kier alpha value is -2.02. The van der Waals surface area contributed by atoms with Crippen molar-refractivity contribution in [1.29, 1.82) is 0 Å². The minimum atomic E-state index is -0.933. The van der Waals surface area contributed by atoms with Gasteiger partial charge in [0.25, 0.3) is 5.91 Å². The van der Waals surface area contributed by atoms with E-state index in [1.165, 1.54) is 4.90 Å². The maximum atomic E-state index is 14.3. The van der Waals surface area contributed by atoms with Crippen molar-refractivity contribution in [3.05, 3.63) is 35.4 Å². The Labute approximate surface area is 164 Å². The number of benzene rings is 1. The van der Waals surface area contributed by atoms with E-state index in [2.05, 4.69) is 12.2 Å². The highest BCUT2D eigenvalue weighted by atomic mass is 19.1. The lowest BCUT2D eigenvalue weighted by atomic mass is 9.83. The quantitative estimate of drug-likeness (QED) is 0.849. The highest BCUT2D eigenvalue weighted by Gasteiger charge is 2.54. The smallest absolute Gasteiger partial charge is 0.259 e. The third-order valence-corrected chi connectivity index (χ3v) is 6.00. The van der Waals surface area contributed by atoms with Gasteiger partial charge in [0.05, 0.1) is 12.2 Å². The third kappa shape index (κ3) is 3.90. The SMILES string of the molecule is CC[C@@H](C)NC(=O)[C@H]1COC2(CCC(C)CC2)N1C(=O)c1ccc(F)cc1F. The van der Waals surface area contributed by atoms with Crippen molar-refractivity contribution in [2.45, 2.75) is 70.7 Å². The van der Waals surface area contributed by atoms with Crippen molar-refractivity contribution >= 4 is 11.8 Å². The first-order chi connectivity index (χ1) is 13.3. The molecular weight excluding hydrogens is 366 g/mol. The van der Waals surface area contributed by atoms with Gasteiger partial charge in [0.15, 0.2) is 0 Å². The number of carbonyl (C=O) groups is 2. The monoisotopic (exact) mass is 394 g/mol. The maximum Gasteiger partial charge on any atom is 0.259 e. The lowest BCUT2D eigenvalue weighted by Crippen LogP contribution is -2.57. The van der Waals surface area contributed by atoms with Crippen LogP contribution in [0.15, 0.2) is 18.2 Å². The van der Waals surface area contributed by atoms with Gasteiger partial charge in [0.1, 0.15) is 23.4 Å². The second kappa shape index (κ2) is 8.15. The summed E-state index contributed by atoms with van der Waals surface area (Å²) in [6, 6.07) is 1.99. The Morgan fingerprint density at radius 1 is 1.32 bits per heavy atom. The summed E-state index contributed by atoms with van der Waals surface area (Å²) in [7, 11) is 0. The number of rotatable bonds is 4. The van der Waals surface area contributed by atoms with Gasteiger partial charge in [0, 0.05) is 12.1 Å². The molecule has 2 atom stereocenters. The van der Waals surface area contributed by atoms with Crippen LogP contribution in [0.1, 0.15) is 63.2 Å². The van der Waals surface area contributed by atoms with Gasteiger partial charge in [-0.1, -0.05) is 13.8 Å². The summed E-state index contributed by atoms with van der Waals surface area (Å²) in [6.45, 7) is 6.06. The molecule has 1 spiro atoms. The number of hydrogen-bond donors (Lipinski definition) is 1. The van der Waals surface area contributed by atoms with Crippen LogP contribution >= 0.6 is 0 Å². The van der Waals surface area contributed by atoms with Crippen molar-refractivity contribution in [2.24, 2.45) is 5.92 Å². The predicted octanol–water partition coefficient (Wildman–Crippen LogP) is 3.63. The van der Waals surface area contributed by atoms with Crippen molar-refractivity contribution in [3.8, 4) is 0 Å². The highest BCUT2D eigenvalue weighted by molar-refractivity contribution is 5.98. The standard InChI is InChI=1S/C21H28F2N2O3/c1-4-14(3)24-19(26)18-12-28-21(9-7-13(2)8-10-21)25(18)20(27)16-6-5-15(22)11-17(16)23/h5-6,11,13-14,18H,4,7-10,12H2,1-3H3,(H,24,26)/t13?,14-,18-,21?/m1/s1. The molecule has 7 heteroatoms. The van der Waals surface area contributed by atoms with E-state index < -0.39 is 29.3 Å². The minimum absolute atomic E-state index is 0.0464. The van der Waals surface area contributed by atoms with E-state index in [0.717, 1.165) is 31.4 Å². The van der Waals surface area contributed by atoms with Gasteiger partial charge in [-0.2, -0.15) is 0 Å². The summed E-state index contributed by atoms with van der Waals surface area (Å²) in [6.07, 6.45) is 3.65. The fourth-order valence-electron chi connectivity index (χ4n) is 4.01. The molecule has 28 heavy (non-hydrogen) atoms. The average Bonchev–Trinajstić information content (AvgIpc) is 3.02. The van der Waals surface area contributed by atoms with Crippen molar-refractivity contribution in [2.75, 3.05) is 6.61 Å². The largest absolute Gasteiger partial charge is 0.353 e. The first-order valence-corrected chi connectivity index (χ1v) is 10.0. The molecule has 1 saturated heterocycles. The van der Waals surface area contributed by atoms with Gasteiger partial charge in [-0.05, 0) is 57.1 Å². The number of halogens is 2. The molecule has 1 aliphatic heterocycles. The third-order valence-electron chi connectivity index (χ3n) is 6.00. The summed E-state index contributed by atoms with van der Waals surface area (Å²) >= 11 is 0. The number of ether oxygens (including phenoxy) is 1. The lowest BCUT2D eigenvalue weighted by molar-refractivity contribution is -0.128. The summed E-state index contributed by atoms with van der Waals surface area (Å²) < 4.78 is 33.7. The van der Waals surface area contributed by atoms with E-state index in [9.17, 15) is 18.4 Å². The molecule has 2 amide bonds. The molecule has 1 aromatic carbocycles. The molecule has 0 aromatic heterocycles. The zero-order valence-corrected chi connectivity index (χ0v) is 16.6. The molecule has 1 aromatic rings. The van der Waals surface area contributed by atoms with Crippen LogP contribution in [-0.2, 0) is 9.53 Å². The van der Waals surface area contributed by atoms with E-state index in [-0.39, 0.29) is 24.1 Å².